The molecule has 6 nitrogen and oxygen atoms in total. The van der Waals surface area contributed by atoms with Gasteiger partial charge in [-0.15, -0.1) is 0 Å². The molecule has 0 aliphatic rings. The van der Waals surface area contributed by atoms with Crippen LogP contribution >= 0.6 is 15.9 Å². The summed E-state index contributed by atoms with van der Waals surface area (Å²) >= 11 is 2.86. The highest BCUT2D eigenvalue weighted by molar-refractivity contribution is 9.09. The zero-order valence-corrected chi connectivity index (χ0v) is 6.96. The minimum atomic E-state index is -1.21. The Hall–Kier alpha value is -1.11. The van der Waals surface area contributed by atoms with Crippen LogP contribution in [0.25, 0.3) is 0 Å². The van der Waals surface area contributed by atoms with E-state index in [1.165, 1.54) is 0 Å². The fraction of sp³-hybridized carbons (Fsp3) is 0.250. The average molecular weight is 224 g/mol. The number of carboxylic acid groups (broad SMARTS) is 1. The number of hydrogen-bond acceptors (Lipinski definition) is 3. The van der Waals surface area contributed by atoms with Crippen molar-refractivity contribution in [1.82, 2.24) is 5.43 Å². The first-order chi connectivity index (χ1) is 5.07. The fourth-order valence-electron chi connectivity index (χ4n) is 0.257. The van der Waals surface area contributed by atoms with Crippen molar-refractivity contribution in [2.24, 2.45) is 10.8 Å². The quantitative estimate of drug-likeness (QED) is 0.341. The smallest absolute Gasteiger partial charge is 0.352 e. The van der Waals surface area contributed by atoms with E-state index in [9.17, 15) is 9.59 Å². The Morgan fingerprint density at radius 3 is 2.45 bits per heavy atom. The second kappa shape index (κ2) is 4.67. The molecule has 0 spiro atoms. The standard InChI is InChI=1S/C4H6BrN3O3/c5-1-2(3(9)10)7-8-4(6)11/h1H2,(H,9,10)(H3,6,8,11). The van der Waals surface area contributed by atoms with Gasteiger partial charge in [0.2, 0.25) is 0 Å². The van der Waals surface area contributed by atoms with Crippen molar-refractivity contribution in [2.45, 2.75) is 0 Å². The van der Waals surface area contributed by atoms with E-state index in [1.807, 2.05) is 0 Å². The number of alkyl halides is 1. The fourth-order valence-corrected chi connectivity index (χ4v) is 0.623. The van der Waals surface area contributed by atoms with Crippen LogP contribution in [0.4, 0.5) is 4.79 Å². The van der Waals surface area contributed by atoms with Crippen LogP contribution in [0.15, 0.2) is 5.10 Å². The highest BCUT2D eigenvalue weighted by Crippen LogP contribution is 1.85. The highest BCUT2D eigenvalue weighted by Gasteiger charge is 2.06. The number of nitrogens with zero attached hydrogens (tertiary/aromatic N) is 1. The second-order valence-corrected chi connectivity index (χ2v) is 2.03. The van der Waals surface area contributed by atoms with Gasteiger partial charge >= 0.3 is 12.0 Å². The maximum absolute atomic E-state index is 10.2. The number of urea groups is 1. The van der Waals surface area contributed by atoms with E-state index in [0.717, 1.165) is 0 Å². The number of carbonyl (C=O) groups excluding carboxylic acids is 1. The molecule has 4 N–H and O–H groups in total. The first-order valence-corrected chi connectivity index (χ1v) is 3.61. The normalized spacial score (nSPS) is 10.8. The van der Waals surface area contributed by atoms with Crippen molar-refractivity contribution in [1.29, 1.82) is 0 Å². The van der Waals surface area contributed by atoms with Crippen molar-refractivity contribution in [3.8, 4) is 0 Å². The van der Waals surface area contributed by atoms with Crippen LogP contribution in [0.1, 0.15) is 0 Å². The van der Waals surface area contributed by atoms with Crippen LogP contribution in [0, 0.1) is 0 Å². The zero-order chi connectivity index (χ0) is 8.85. The van der Waals surface area contributed by atoms with Gasteiger partial charge in [0, 0.05) is 0 Å². The van der Waals surface area contributed by atoms with Crippen molar-refractivity contribution in [2.75, 3.05) is 5.33 Å². The molecule has 0 aromatic heterocycles. The summed E-state index contributed by atoms with van der Waals surface area (Å²) in [6.07, 6.45) is 0. The van der Waals surface area contributed by atoms with Gasteiger partial charge in [-0.3, -0.25) is 0 Å². The van der Waals surface area contributed by atoms with E-state index in [2.05, 4.69) is 26.8 Å². The Kier molecular flexibility index (Phi) is 4.20. The van der Waals surface area contributed by atoms with Gasteiger partial charge in [0.25, 0.3) is 0 Å². The molecule has 0 bridgehead atoms. The molecule has 0 atom stereocenters. The van der Waals surface area contributed by atoms with Crippen molar-refractivity contribution in [3.05, 3.63) is 0 Å². The largest absolute Gasteiger partial charge is 0.477 e. The lowest BCUT2D eigenvalue weighted by atomic mass is 10.4. The van der Waals surface area contributed by atoms with Gasteiger partial charge in [0.05, 0.1) is 5.33 Å². The van der Waals surface area contributed by atoms with E-state index in [4.69, 9.17) is 5.11 Å². The number of hydrazone groups is 1. The number of primary amides is 1. The second-order valence-electron chi connectivity index (χ2n) is 1.47. The van der Waals surface area contributed by atoms with Crippen molar-refractivity contribution >= 4 is 33.6 Å². The number of halogens is 1. The van der Waals surface area contributed by atoms with Crippen LogP contribution in [-0.2, 0) is 4.79 Å². The molecule has 2 amide bonds. The Balaban J connectivity index is 4.13. The predicted molar refractivity (Wildman–Crippen MR) is 41.6 cm³/mol. The number of amides is 2. The first-order valence-electron chi connectivity index (χ1n) is 2.49. The van der Waals surface area contributed by atoms with Gasteiger partial charge in [0.1, 0.15) is 0 Å². The molecule has 0 unspecified atom stereocenters. The molecule has 11 heavy (non-hydrogen) atoms. The maximum atomic E-state index is 10.2. The maximum Gasteiger partial charge on any atom is 0.352 e. The molecule has 0 saturated carbocycles. The monoisotopic (exact) mass is 223 g/mol. The topological polar surface area (TPSA) is 105 Å². The molecule has 0 aromatic rings. The van der Waals surface area contributed by atoms with Crippen LogP contribution in [0.2, 0.25) is 0 Å². The van der Waals surface area contributed by atoms with Gasteiger partial charge in [-0.1, -0.05) is 15.9 Å². The molecule has 7 heteroatoms. The summed E-state index contributed by atoms with van der Waals surface area (Å²) in [4.78, 5) is 20.2. The summed E-state index contributed by atoms with van der Waals surface area (Å²) < 4.78 is 0. The van der Waals surface area contributed by atoms with E-state index in [0.29, 0.717) is 0 Å². The average Bonchev–Trinajstić information content (AvgIpc) is 1.87. The molecular formula is C4H6BrN3O3. The van der Waals surface area contributed by atoms with Gasteiger partial charge in [-0.2, -0.15) is 5.10 Å². The van der Waals surface area contributed by atoms with Gasteiger partial charge in [-0.05, 0) is 0 Å². The third-order valence-corrected chi connectivity index (χ3v) is 1.21. The summed E-state index contributed by atoms with van der Waals surface area (Å²) in [5.41, 5.74) is 6.21. The number of aliphatic carboxylic acids is 1. The Bertz CT molecular complexity index is 203. The molecule has 0 heterocycles. The van der Waals surface area contributed by atoms with Crippen molar-refractivity contribution < 1.29 is 14.7 Å². The molecular weight excluding hydrogens is 218 g/mol. The molecule has 62 valence electrons. The van der Waals surface area contributed by atoms with Gasteiger partial charge in [0.15, 0.2) is 5.71 Å². The van der Waals surface area contributed by atoms with Crippen LogP contribution in [-0.4, -0.2) is 28.1 Å². The van der Waals surface area contributed by atoms with Crippen LogP contribution in [0.3, 0.4) is 0 Å². The third-order valence-electron chi connectivity index (χ3n) is 0.674. The summed E-state index contributed by atoms with van der Waals surface area (Å²) in [7, 11) is 0. The van der Waals surface area contributed by atoms with E-state index in [-0.39, 0.29) is 11.0 Å². The summed E-state index contributed by atoms with van der Waals surface area (Å²) in [5, 5.41) is 11.6. The molecule has 0 aliphatic heterocycles. The number of carboxylic acids is 1. The SMILES string of the molecule is NC(=O)NN=C(CBr)C(=O)O. The minimum Gasteiger partial charge on any atom is -0.477 e. The van der Waals surface area contributed by atoms with Crippen LogP contribution in [0.5, 0.6) is 0 Å². The first kappa shape index (κ1) is 9.89. The number of carbonyl (C=O) groups is 2. The number of hydrogen-bond donors (Lipinski definition) is 3. The molecule has 0 saturated heterocycles. The molecule has 0 aromatic carbocycles. The number of nitrogens with two attached hydrogens (primary N) is 1. The predicted octanol–water partition coefficient (Wildman–Crippen LogP) is -0.510. The summed E-state index contributed by atoms with van der Waals surface area (Å²) in [6, 6.07) is -0.898. The van der Waals surface area contributed by atoms with E-state index in [1.54, 1.807) is 5.43 Å². The van der Waals surface area contributed by atoms with Gasteiger partial charge in [-0.25, -0.2) is 15.0 Å². The summed E-state index contributed by atoms with van der Waals surface area (Å²) in [6.45, 7) is 0. The highest BCUT2D eigenvalue weighted by atomic mass is 79.9. The lowest BCUT2D eigenvalue weighted by Gasteiger charge is -1.94. The Labute approximate surface area is 70.6 Å². The zero-order valence-electron chi connectivity index (χ0n) is 5.37. The van der Waals surface area contributed by atoms with Crippen LogP contribution < -0.4 is 11.2 Å². The Morgan fingerprint density at radius 2 is 2.18 bits per heavy atom. The molecule has 0 rings (SSSR count). The molecule has 0 radical (unpaired) electrons. The lowest BCUT2D eigenvalue weighted by molar-refractivity contribution is -0.129. The lowest BCUT2D eigenvalue weighted by Crippen LogP contribution is -2.28. The van der Waals surface area contributed by atoms with Gasteiger partial charge < -0.3 is 10.8 Å². The third kappa shape index (κ3) is 4.31. The number of nitrogens with one attached hydrogen (secondary N) is 1. The van der Waals surface area contributed by atoms with E-state index >= 15 is 0 Å². The van der Waals surface area contributed by atoms with Crippen molar-refractivity contribution in [3.63, 3.8) is 0 Å². The Morgan fingerprint density at radius 1 is 1.64 bits per heavy atom. The minimum absolute atomic E-state index is 0.0443. The summed E-state index contributed by atoms with van der Waals surface area (Å²) in [5.74, 6) is -1.21. The van der Waals surface area contributed by atoms with E-state index < -0.39 is 12.0 Å². The number of rotatable bonds is 3. The molecule has 0 aliphatic carbocycles. The molecule has 0 fully saturated rings.